The first-order valence-corrected chi connectivity index (χ1v) is 8.30. The number of hydrogen-bond donors (Lipinski definition) is 0. The third-order valence-electron chi connectivity index (χ3n) is 4.03. The molecule has 2 aromatic rings. The zero-order valence-electron chi connectivity index (χ0n) is 16.2. The van der Waals surface area contributed by atoms with Gasteiger partial charge >= 0.3 is 5.97 Å². The number of carbonyl (C=O) groups is 1. The molecule has 0 spiro atoms. The van der Waals surface area contributed by atoms with Gasteiger partial charge in [-0.25, -0.2) is 4.79 Å². The average Bonchev–Trinajstić information content (AvgIpc) is 2.70. The first-order chi connectivity index (χ1) is 13.0. The van der Waals surface area contributed by atoms with E-state index in [0.717, 1.165) is 16.7 Å². The first-order valence-electron chi connectivity index (χ1n) is 8.30. The van der Waals surface area contributed by atoms with Gasteiger partial charge in [0.2, 0.25) is 0 Å². The highest BCUT2D eigenvalue weighted by Crippen LogP contribution is 2.31. The van der Waals surface area contributed by atoms with Gasteiger partial charge in [-0.15, -0.1) is 0 Å². The summed E-state index contributed by atoms with van der Waals surface area (Å²) in [5, 5.41) is 0. The molecule has 0 fully saturated rings. The SMILES string of the molecule is COc1ccc(/C=C/C(=O)OCc2cc(OC)c(OC)cc2C)cc1OC. The minimum absolute atomic E-state index is 0.140. The van der Waals surface area contributed by atoms with Gasteiger partial charge in [0.15, 0.2) is 23.0 Å². The molecular formula is C21H24O6. The van der Waals surface area contributed by atoms with E-state index in [1.807, 2.05) is 19.1 Å². The molecule has 2 rings (SSSR count). The highest BCUT2D eigenvalue weighted by molar-refractivity contribution is 5.87. The van der Waals surface area contributed by atoms with E-state index in [0.29, 0.717) is 23.0 Å². The summed E-state index contributed by atoms with van der Waals surface area (Å²) in [7, 11) is 6.27. The summed E-state index contributed by atoms with van der Waals surface area (Å²) >= 11 is 0. The fourth-order valence-electron chi connectivity index (χ4n) is 2.50. The lowest BCUT2D eigenvalue weighted by Gasteiger charge is -2.12. The molecule has 6 nitrogen and oxygen atoms in total. The van der Waals surface area contributed by atoms with Crippen LogP contribution in [0.1, 0.15) is 16.7 Å². The van der Waals surface area contributed by atoms with Crippen molar-refractivity contribution in [1.82, 2.24) is 0 Å². The van der Waals surface area contributed by atoms with Crippen LogP contribution in [-0.4, -0.2) is 34.4 Å². The second-order valence-corrected chi connectivity index (χ2v) is 5.69. The Bertz CT molecular complexity index is 826. The maximum Gasteiger partial charge on any atom is 0.331 e. The van der Waals surface area contributed by atoms with Crippen LogP contribution in [0.3, 0.4) is 0 Å². The molecule has 0 saturated carbocycles. The van der Waals surface area contributed by atoms with Crippen LogP contribution in [0.5, 0.6) is 23.0 Å². The molecule has 0 saturated heterocycles. The van der Waals surface area contributed by atoms with Crippen molar-refractivity contribution in [2.24, 2.45) is 0 Å². The highest BCUT2D eigenvalue weighted by atomic mass is 16.5. The maximum absolute atomic E-state index is 12.0. The van der Waals surface area contributed by atoms with Crippen LogP contribution in [0.25, 0.3) is 6.08 Å². The Labute approximate surface area is 159 Å². The predicted molar refractivity (Wildman–Crippen MR) is 103 cm³/mol. The predicted octanol–water partition coefficient (Wildman–Crippen LogP) is 3.79. The smallest absolute Gasteiger partial charge is 0.331 e. The molecule has 0 radical (unpaired) electrons. The molecule has 144 valence electrons. The summed E-state index contributed by atoms with van der Waals surface area (Å²) in [6.45, 7) is 2.06. The van der Waals surface area contributed by atoms with E-state index < -0.39 is 5.97 Å². The van der Waals surface area contributed by atoms with Crippen LogP contribution in [0, 0.1) is 6.92 Å². The molecule has 0 aliphatic rings. The van der Waals surface area contributed by atoms with Gasteiger partial charge in [-0.3, -0.25) is 0 Å². The molecule has 0 aliphatic heterocycles. The molecule has 0 unspecified atom stereocenters. The summed E-state index contributed by atoms with van der Waals surface area (Å²) in [5.74, 6) is 2.00. The maximum atomic E-state index is 12.0. The molecule has 0 N–H and O–H groups in total. The van der Waals surface area contributed by atoms with Crippen molar-refractivity contribution in [2.45, 2.75) is 13.5 Å². The van der Waals surface area contributed by atoms with Crippen molar-refractivity contribution in [2.75, 3.05) is 28.4 Å². The fourth-order valence-corrected chi connectivity index (χ4v) is 2.50. The molecule has 0 aromatic heterocycles. The molecular weight excluding hydrogens is 348 g/mol. The Hall–Kier alpha value is -3.15. The van der Waals surface area contributed by atoms with Crippen LogP contribution in [0.2, 0.25) is 0 Å². The van der Waals surface area contributed by atoms with Crippen molar-refractivity contribution < 1.29 is 28.5 Å². The van der Waals surface area contributed by atoms with E-state index in [1.165, 1.54) is 6.08 Å². The Kier molecular flexibility index (Phi) is 7.11. The molecule has 27 heavy (non-hydrogen) atoms. The number of esters is 1. The van der Waals surface area contributed by atoms with Gasteiger partial charge in [-0.2, -0.15) is 0 Å². The van der Waals surface area contributed by atoms with E-state index in [2.05, 4.69) is 0 Å². The van der Waals surface area contributed by atoms with Crippen molar-refractivity contribution in [3.8, 4) is 23.0 Å². The van der Waals surface area contributed by atoms with Gasteiger partial charge in [-0.05, 0) is 54.0 Å². The van der Waals surface area contributed by atoms with E-state index >= 15 is 0 Å². The fraction of sp³-hybridized carbons (Fsp3) is 0.286. The zero-order valence-corrected chi connectivity index (χ0v) is 16.2. The Morgan fingerprint density at radius 3 is 2.07 bits per heavy atom. The number of rotatable bonds is 8. The summed E-state index contributed by atoms with van der Waals surface area (Å²) in [4.78, 5) is 12.0. The number of benzene rings is 2. The lowest BCUT2D eigenvalue weighted by atomic mass is 10.1. The normalized spacial score (nSPS) is 10.6. The number of hydrogen-bond acceptors (Lipinski definition) is 6. The first kappa shape index (κ1) is 20.2. The Balaban J connectivity index is 2.03. The van der Waals surface area contributed by atoms with Gasteiger partial charge < -0.3 is 23.7 Å². The van der Waals surface area contributed by atoms with Gasteiger partial charge in [0.1, 0.15) is 6.61 Å². The van der Waals surface area contributed by atoms with E-state index in [1.54, 1.807) is 52.7 Å². The Morgan fingerprint density at radius 2 is 1.44 bits per heavy atom. The van der Waals surface area contributed by atoms with Crippen molar-refractivity contribution >= 4 is 12.0 Å². The molecule has 0 heterocycles. The molecule has 0 bridgehead atoms. The minimum Gasteiger partial charge on any atom is -0.493 e. The second-order valence-electron chi connectivity index (χ2n) is 5.69. The molecule has 2 aromatic carbocycles. The van der Waals surface area contributed by atoms with Crippen LogP contribution in [-0.2, 0) is 16.1 Å². The molecule has 6 heteroatoms. The molecule has 0 aliphatic carbocycles. The van der Waals surface area contributed by atoms with Crippen molar-refractivity contribution in [3.05, 3.63) is 53.1 Å². The number of carbonyl (C=O) groups excluding carboxylic acids is 1. The zero-order chi connectivity index (χ0) is 19.8. The standard InChI is InChI=1S/C21H24O6/c1-14-10-18(24-3)20(26-5)12-16(14)13-27-21(22)9-7-15-6-8-17(23-2)19(11-15)25-4/h6-12H,13H2,1-5H3/b9-7+. The van der Waals surface area contributed by atoms with Gasteiger partial charge in [0.25, 0.3) is 0 Å². The van der Waals surface area contributed by atoms with E-state index in [4.69, 9.17) is 23.7 Å². The lowest BCUT2D eigenvalue weighted by Crippen LogP contribution is -2.03. The Morgan fingerprint density at radius 1 is 0.852 bits per heavy atom. The number of methoxy groups -OCH3 is 4. The largest absolute Gasteiger partial charge is 0.493 e. The average molecular weight is 372 g/mol. The van der Waals surface area contributed by atoms with Crippen LogP contribution in [0.4, 0.5) is 0 Å². The second kappa shape index (κ2) is 9.52. The molecule has 0 atom stereocenters. The van der Waals surface area contributed by atoms with Crippen LogP contribution >= 0.6 is 0 Å². The van der Waals surface area contributed by atoms with Crippen LogP contribution < -0.4 is 18.9 Å². The van der Waals surface area contributed by atoms with Crippen LogP contribution in [0.15, 0.2) is 36.4 Å². The van der Waals surface area contributed by atoms with Crippen molar-refractivity contribution in [3.63, 3.8) is 0 Å². The third-order valence-corrected chi connectivity index (χ3v) is 4.03. The summed E-state index contributed by atoms with van der Waals surface area (Å²) in [6.07, 6.45) is 3.03. The van der Waals surface area contributed by atoms with Crippen molar-refractivity contribution in [1.29, 1.82) is 0 Å². The number of ether oxygens (including phenoxy) is 5. The number of aryl methyl sites for hydroxylation is 1. The monoisotopic (exact) mass is 372 g/mol. The third kappa shape index (κ3) is 5.17. The molecule has 0 amide bonds. The summed E-state index contributed by atoms with van der Waals surface area (Å²) < 4.78 is 26.3. The quantitative estimate of drug-likeness (QED) is 0.519. The van der Waals surface area contributed by atoms with Gasteiger partial charge in [-0.1, -0.05) is 6.07 Å². The topological polar surface area (TPSA) is 63.2 Å². The van der Waals surface area contributed by atoms with E-state index in [-0.39, 0.29) is 6.61 Å². The highest BCUT2D eigenvalue weighted by Gasteiger charge is 2.10. The minimum atomic E-state index is -0.445. The van der Waals surface area contributed by atoms with E-state index in [9.17, 15) is 4.79 Å². The summed E-state index contributed by atoms with van der Waals surface area (Å²) in [5.41, 5.74) is 2.59. The van der Waals surface area contributed by atoms with Gasteiger partial charge in [0, 0.05) is 6.08 Å². The van der Waals surface area contributed by atoms with Gasteiger partial charge in [0.05, 0.1) is 28.4 Å². The summed E-state index contributed by atoms with van der Waals surface area (Å²) in [6, 6.07) is 9.03. The lowest BCUT2D eigenvalue weighted by molar-refractivity contribution is -0.138.